The Morgan fingerprint density at radius 2 is 1.89 bits per heavy atom. The lowest BCUT2D eigenvalue weighted by Crippen LogP contribution is -1.97. The number of carboxylic acid groups (broad SMARTS) is 1. The van der Waals surface area contributed by atoms with Crippen LogP contribution in [-0.2, 0) is 0 Å². The molecule has 0 saturated heterocycles. The lowest BCUT2D eigenvalue weighted by Gasteiger charge is -2.08. The number of rotatable bonds is 3. The maximum Gasteiger partial charge on any atom is 0.335 e. The third-order valence-corrected chi connectivity index (χ3v) is 3.88. The smallest absolute Gasteiger partial charge is 0.335 e. The second-order valence-corrected chi connectivity index (χ2v) is 5.48. The minimum Gasteiger partial charge on any atom is -0.478 e. The summed E-state index contributed by atoms with van der Waals surface area (Å²) in [5, 5.41) is 8.95. The normalized spacial score (nSPS) is 10.3. The van der Waals surface area contributed by atoms with E-state index in [0.29, 0.717) is 16.1 Å². The quantitative estimate of drug-likeness (QED) is 0.848. The van der Waals surface area contributed by atoms with Crippen LogP contribution in [0, 0.1) is 6.92 Å². The summed E-state index contributed by atoms with van der Waals surface area (Å²) in [6.07, 6.45) is 0. The molecule has 0 amide bonds. The van der Waals surface area contributed by atoms with Gasteiger partial charge in [0.15, 0.2) is 0 Å². The molecular formula is C13H9Br2NO3. The van der Waals surface area contributed by atoms with Gasteiger partial charge in [-0.15, -0.1) is 0 Å². The molecule has 2 aromatic rings. The fourth-order valence-corrected chi connectivity index (χ4v) is 1.95. The monoisotopic (exact) mass is 385 g/mol. The van der Waals surface area contributed by atoms with Gasteiger partial charge in [-0.05, 0) is 63.0 Å². The second-order valence-electron chi connectivity index (χ2n) is 3.77. The summed E-state index contributed by atoms with van der Waals surface area (Å²) in [5.74, 6) is -0.185. The maximum atomic E-state index is 10.9. The summed E-state index contributed by atoms with van der Waals surface area (Å²) >= 11 is 6.67. The molecular weight excluding hydrogens is 378 g/mol. The summed E-state index contributed by atoms with van der Waals surface area (Å²) < 4.78 is 7.15. The summed E-state index contributed by atoms with van der Waals surface area (Å²) in [4.78, 5) is 15.2. The van der Waals surface area contributed by atoms with Crippen LogP contribution in [0.1, 0.15) is 16.1 Å². The van der Waals surface area contributed by atoms with Crippen molar-refractivity contribution in [2.75, 3.05) is 0 Å². The van der Waals surface area contributed by atoms with Crippen molar-refractivity contribution in [3.05, 3.63) is 50.5 Å². The van der Waals surface area contributed by atoms with Gasteiger partial charge in [0.05, 0.1) is 15.7 Å². The number of aryl methyl sites for hydroxylation is 1. The van der Waals surface area contributed by atoms with Crippen molar-refractivity contribution < 1.29 is 14.6 Å². The van der Waals surface area contributed by atoms with Crippen molar-refractivity contribution in [3.8, 4) is 11.6 Å². The first-order valence-corrected chi connectivity index (χ1v) is 6.90. The highest BCUT2D eigenvalue weighted by molar-refractivity contribution is 9.10. The Morgan fingerprint density at radius 1 is 1.21 bits per heavy atom. The van der Waals surface area contributed by atoms with Gasteiger partial charge in [0.2, 0.25) is 5.88 Å². The van der Waals surface area contributed by atoms with Gasteiger partial charge in [0, 0.05) is 10.5 Å². The van der Waals surface area contributed by atoms with Crippen LogP contribution < -0.4 is 4.74 Å². The van der Waals surface area contributed by atoms with Crippen molar-refractivity contribution in [3.63, 3.8) is 0 Å². The first-order valence-electron chi connectivity index (χ1n) is 5.31. The fraction of sp³-hybridized carbons (Fsp3) is 0.0769. The first-order chi connectivity index (χ1) is 8.97. The standard InChI is InChI=1S/C13H9Br2NO3/c1-7-9(14)4-5-12(16-7)19-11-6-8(13(17)18)2-3-10(11)15/h2-6H,1H3,(H,17,18). The van der Waals surface area contributed by atoms with Gasteiger partial charge in [-0.25, -0.2) is 9.78 Å². The molecule has 1 heterocycles. The Balaban J connectivity index is 2.34. The van der Waals surface area contributed by atoms with E-state index in [1.165, 1.54) is 12.1 Å². The van der Waals surface area contributed by atoms with E-state index in [-0.39, 0.29) is 5.56 Å². The SMILES string of the molecule is Cc1nc(Oc2cc(C(=O)O)ccc2Br)ccc1Br. The number of aromatic carboxylic acids is 1. The van der Waals surface area contributed by atoms with Gasteiger partial charge >= 0.3 is 5.97 Å². The highest BCUT2D eigenvalue weighted by atomic mass is 79.9. The summed E-state index contributed by atoms with van der Waals surface area (Å²) in [6.45, 7) is 1.85. The largest absolute Gasteiger partial charge is 0.478 e. The molecule has 0 saturated carbocycles. The molecule has 1 aromatic heterocycles. The molecule has 1 N–H and O–H groups in total. The number of hydrogen-bond donors (Lipinski definition) is 1. The number of aromatic nitrogens is 1. The van der Waals surface area contributed by atoms with Crippen LogP contribution in [0.15, 0.2) is 39.3 Å². The lowest BCUT2D eigenvalue weighted by atomic mass is 10.2. The molecule has 0 radical (unpaired) electrons. The molecule has 1 aromatic carbocycles. The van der Waals surface area contributed by atoms with Crippen LogP contribution in [0.3, 0.4) is 0 Å². The van der Waals surface area contributed by atoms with Crippen LogP contribution in [0.4, 0.5) is 0 Å². The molecule has 0 bridgehead atoms. The van der Waals surface area contributed by atoms with Gasteiger partial charge in [0.1, 0.15) is 5.75 Å². The molecule has 0 fully saturated rings. The van der Waals surface area contributed by atoms with E-state index in [0.717, 1.165) is 10.2 Å². The second kappa shape index (κ2) is 5.71. The van der Waals surface area contributed by atoms with Gasteiger partial charge in [-0.3, -0.25) is 0 Å². The minimum absolute atomic E-state index is 0.159. The first kappa shape index (κ1) is 14.0. The molecule has 0 aliphatic carbocycles. The minimum atomic E-state index is -1.00. The highest BCUT2D eigenvalue weighted by Gasteiger charge is 2.10. The van der Waals surface area contributed by atoms with E-state index >= 15 is 0 Å². The van der Waals surface area contributed by atoms with Crippen LogP contribution in [0.25, 0.3) is 0 Å². The van der Waals surface area contributed by atoms with Crippen molar-refractivity contribution >= 4 is 37.8 Å². The van der Waals surface area contributed by atoms with E-state index in [1.54, 1.807) is 12.1 Å². The average molecular weight is 387 g/mol. The predicted molar refractivity (Wildman–Crippen MR) is 77.8 cm³/mol. The van der Waals surface area contributed by atoms with Crippen LogP contribution in [0.2, 0.25) is 0 Å². The fourth-order valence-electron chi connectivity index (χ4n) is 1.41. The molecule has 2 rings (SSSR count). The molecule has 98 valence electrons. The molecule has 0 atom stereocenters. The van der Waals surface area contributed by atoms with E-state index < -0.39 is 5.97 Å². The zero-order valence-corrected chi connectivity index (χ0v) is 13.0. The van der Waals surface area contributed by atoms with E-state index in [4.69, 9.17) is 9.84 Å². The molecule has 0 aliphatic heterocycles. The maximum absolute atomic E-state index is 10.9. The third kappa shape index (κ3) is 3.33. The molecule has 4 nitrogen and oxygen atoms in total. The molecule has 0 unspecified atom stereocenters. The number of benzene rings is 1. The van der Waals surface area contributed by atoms with Crippen LogP contribution >= 0.6 is 31.9 Å². The van der Waals surface area contributed by atoms with Gasteiger partial charge in [0.25, 0.3) is 0 Å². The summed E-state index contributed by atoms with van der Waals surface area (Å²) in [5.41, 5.74) is 0.954. The van der Waals surface area contributed by atoms with Crippen molar-refractivity contribution in [1.82, 2.24) is 4.98 Å². The van der Waals surface area contributed by atoms with Crippen molar-refractivity contribution in [1.29, 1.82) is 0 Å². The Morgan fingerprint density at radius 3 is 2.53 bits per heavy atom. The molecule has 19 heavy (non-hydrogen) atoms. The van der Waals surface area contributed by atoms with Crippen molar-refractivity contribution in [2.45, 2.75) is 6.92 Å². The number of nitrogens with zero attached hydrogens (tertiary/aromatic N) is 1. The number of pyridine rings is 1. The van der Waals surface area contributed by atoms with Gasteiger partial charge in [-0.1, -0.05) is 0 Å². The zero-order chi connectivity index (χ0) is 14.0. The zero-order valence-electron chi connectivity index (χ0n) is 9.85. The number of carboxylic acids is 1. The van der Waals surface area contributed by atoms with Crippen LogP contribution in [-0.4, -0.2) is 16.1 Å². The Labute approximate surface area is 126 Å². The van der Waals surface area contributed by atoms with Gasteiger partial charge < -0.3 is 9.84 Å². The van der Waals surface area contributed by atoms with E-state index in [1.807, 2.05) is 13.0 Å². The van der Waals surface area contributed by atoms with E-state index in [9.17, 15) is 4.79 Å². The van der Waals surface area contributed by atoms with Gasteiger partial charge in [-0.2, -0.15) is 0 Å². The Bertz CT molecular complexity index is 644. The molecule has 6 heteroatoms. The topological polar surface area (TPSA) is 59.4 Å². The van der Waals surface area contributed by atoms with E-state index in [2.05, 4.69) is 36.8 Å². The Hall–Kier alpha value is -1.40. The Kier molecular flexibility index (Phi) is 4.21. The van der Waals surface area contributed by atoms with Crippen LogP contribution in [0.5, 0.6) is 11.6 Å². The third-order valence-electron chi connectivity index (χ3n) is 2.39. The molecule has 0 aliphatic rings. The number of carbonyl (C=O) groups is 1. The molecule has 0 spiro atoms. The number of ether oxygens (including phenoxy) is 1. The summed E-state index contributed by atoms with van der Waals surface area (Å²) in [7, 11) is 0. The number of halogens is 2. The number of hydrogen-bond acceptors (Lipinski definition) is 3. The predicted octanol–water partition coefficient (Wildman–Crippen LogP) is 4.41. The average Bonchev–Trinajstić information content (AvgIpc) is 2.36. The highest BCUT2D eigenvalue weighted by Crippen LogP contribution is 2.30. The summed E-state index contributed by atoms with van der Waals surface area (Å²) in [6, 6.07) is 8.11. The lowest BCUT2D eigenvalue weighted by molar-refractivity contribution is 0.0696. The van der Waals surface area contributed by atoms with Crippen molar-refractivity contribution in [2.24, 2.45) is 0 Å².